The molecule has 0 saturated carbocycles. The Balaban J connectivity index is 1.56. The maximum absolute atomic E-state index is 13.4. The van der Waals surface area contributed by atoms with Crippen molar-refractivity contribution in [3.05, 3.63) is 64.7 Å². The molecular formula is C24H26FN5OS. The zero-order valence-corrected chi connectivity index (χ0v) is 18.9. The average molecular weight is 452 g/mol. The smallest absolute Gasteiger partial charge is 0.152 e. The molecule has 0 amide bonds. The number of nitrogens with zero attached hydrogens (tertiary/aromatic N) is 4. The van der Waals surface area contributed by atoms with E-state index in [0.29, 0.717) is 29.5 Å². The van der Waals surface area contributed by atoms with Crippen LogP contribution in [-0.4, -0.2) is 39.1 Å². The van der Waals surface area contributed by atoms with Gasteiger partial charge in [-0.25, -0.2) is 14.4 Å². The van der Waals surface area contributed by atoms with Gasteiger partial charge in [-0.1, -0.05) is 19.1 Å². The third kappa shape index (κ3) is 4.80. The minimum atomic E-state index is -0.858. The minimum absolute atomic E-state index is 0.0827. The molecule has 1 fully saturated rings. The summed E-state index contributed by atoms with van der Waals surface area (Å²) in [5, 5.41) is 24.6. The molecule has 0 aliphatic carbocycles. The normalized spacial score (nSPS) is 20.0. The van der Waals surface area contributed by atoms with Gasteiger partial charge in [0.1, 0.15) is 23.4 Å². The number of aromatic nitrogens is 2. The molecule has 2 aromatic heterocycles. The predicted octanol–water partition coefficient (Wildman–Crippen LogP) is 4.73. The Bertz CT molecular complexity index is 1090. The molecule has 8 heteroatoms. The fourth-order valence-corrected chi connectivity index (χ4v) is 5.21. The first-order valence-electron chi connectivity index (χ1n) is 10.7. The summed E-state index contributed by atoms with van der Waals surface area (Å²) in [5.41, 5.74) is 1.99. The first-order valence-corrected chi connectivity index (χ1v) is 11.5. The van der Waals surface area contributed by atoms with E-state index in [1.54, 1.807) is 30.5 Å². The van der Waals surface area contributed by atoms with Crippen LogP contribution in [0.25, 0.3) is 10.4 Å². The first kappa shape index (κ1) is 22.3. The number of aliphatic hydroxyl groups excluding tert-OH is 1. The topological polar surface area (TPSA) is 85.1 Å². The van der Waals surface area contributed by atoms with Crippen molar-refractivity contribution in [3.8, 4) is 16.5 Å². The average Bonchev–Trinajstić information content (AvgIpc) is 3.20. The van der Waals surface area contributed by atoms with Crippen molar-refractivity contribution in [2.45, 2.75) is 39.0 Å². The summed E-state index contributed by atoms with van der Waals surface area (Å²) in [6.07, 6.45) is 2.77. The van der Waals surface area contributed by atoms with E-state index >= 15 is 0 Å². The standard InChI is InChI=1S/C24H26FN5OS/c1-15-4-3-11-30(20(15)14-28-21-10-5-17(12-26)13-27-21)24(31)22-23(32-16(2)29-22)18-6-8-19(25)9-7-18/h5-10,13,15,20,24,31H,3-4,11,14H2,1-2H3,(H,27,28)/t15-,20-,24?/m1/s1. The lowest BCUT2D eigenvalue weighted by molar-refractivity contribution is -0.0571. The van der Waals surface area contributed by atoms with E-state index in [-0.39, 0.29) is 11.9 Å². The van der Waals surface area contributed by atoms with Crippen molar-refractivity contribution in [2.24, 2.45) is 5.92 Å². The van der Waals surface area contributed by atoms with Crippen molar-refractivity contribution >= 4 is 17.2 Å². The molecule has 2 N–H and O–H groups in total. The summed E-state index contributed by atoms with van der Waals surface area (Å²) in [6, 6.07) is 12.0. The van der Waals surface area contributed by atoms with Crippen LogP contribution >= 0.6 is 11.3 Å². The third-order valence-corrected chi connectivity index (χ3v) is 7.00. The van der Waals surface area contributed by atoms with Gasteiger partial charge in [-0.2, -0.15) is 5.26 Å². The lowest BCUT2D eigenvalue weighted by Crippen LogP contribution is -2.49. The number of aryl methyl sites for hydroxylation is 1. The van der Waals surface area contributed by atoms with Crippen LogP contribution in [0.15, 0.2) is 42.6 Å². The molecule has 1 unspecified atom stereocenters. The molecule has 0 radical (unpaired) electrons. The number of aliphatic hydroxyl groups is 1. The van der Waals surface area contributed by atoms with E-state index in [2.05, 4.69) is 33.2 Å². The first-order chi connectivity index (χ1) is 15.5. The van der Waals surface area contributed by atoms with Gasteiger partial charge in [0.2, 0.25) is 0 Å². The van der Waals surface area contributed by atoms with Gasteiger partial charge < -0.3 is 10.4 Å². The summed E-state index contributed by atoms with van der Waals surface area (Å²) in [7, 11) is 0. The molecule has 166 valence electrons. The minimum Gasteiger partial charge on any atom is -0.372 e. The molecule has 3 heterocycles. The van der Waals surface area contributed by atoms with E-state index in [1.807, 2.05) is 6.92 Å². The number of benzene rings is 1. The Kier molecular flexibility index (Phi) is 6.80. The second kappa shape index (κ2) is 9.74. The van der Waals surface area contributed by atoms with Gasteiger partial charge in [0.05, 0.1) is 15.4 Å². The van der Waals surface area contributed by atoms with E-state index < -0.39 is 6.23 Å². The number of halogens is 1. The second-order valence-corrected chi connectivity index (χ2v) is 9.38. The number of piperidine rings is 1. The summed E-state index contributed by atoms with van der Waals surface area (Å²) >= 11 is 1.51. The van der Waals surface area contributed by atoms with E-state index in [1.165, 1.54) is 23.5 Å². The zero-order valence-electron chi connectivity index (χ0n) is 18.1. The number of anilines is 1. The highest BCUT2D eigenvalue weighted by molar-refractivity contribution is 7.15. The molecule has 1 aliphatic rings. The Hall–Kier alpha value is -2.86. The molecule has 1 aliphatic heterocycles. The zero-order chi connectivity index (χ0) is 22.7. The lowest BCUT2D eigenvalue weighted by Gasteiger charge is -2.42. The fourth-order valence-electron chi connectivity index (χ4n) is 4.26. The molecular weight excluding hydrogens is 425 g/mol. The molecule has 3 aromatic rings. The summed E-state index contributed by atoms with van der Waals surface area (Å²) < 4.78 is 13.4. The van der Waals surface area contributed by atoms with Crippen LogP contribution in [0, 0.1) is 30.0 Å². The molecule has 4 rings (SSSR count). The summed E-state index contributed by atoms with van der Waals surface area (Å²) in [6.45, 7) is 5.50. The number of thiazole rings is 1. The Morgan fingerprint density at radius 1 is 1.31 bits per heavy atom. The summed E-state index contributed by atoms with van der Waals surface area (Å²) in [5.74, 6) is 0.787. The fraction of sp³-hybridized carbons (Fsp3) is 0.375. The van der Waals surface area contributed by atoms with Gasteiger partial charge in [-0.3, -0.25) is 4.90 Å². The van der Waals surface area contributed by atoms with E-state index in [9.17, 15) is 9.50 Å². The summed E-state index contributed by atoms with van der Waals surface area (Å²) in [4.78, 5) is 11.9. The largest absolute Gasteiger partial charge is 0.372 e. The Morgan fingerprint density at radius 3 is 2.78 bits per heavy atom. The lowest BCUT2D eigenvalue weighted by atomic mass is 9.90. The maximum atomic E-state index is 13.4. The quantitative estimate of drug-likeness (QED) is 0.564. The highest BCUT2D eigenvalue weighted by Crippen LogP contribution is 2.38. The highest BCUT2D eigenvalue weighted by Gasteiger charge is 2.35. The van der Waals surface area contributed by atoms with Gasteiger partial charge in [-0.05, 0) is 55.5 Å². The highest BCUT2D eigenvalue weighted by atomic mass is 32.1. The van der Waals surface area contributed by atoms with E-state index in [0.717, 1.165) is 34.8 Å². The molecule has 0 spiro atoms. The van der Waals surface area contributed by atoms with Crippen molar-refractivity contribution < 1.29 is 9.50 Å². The third-order valence-electron chi connectivity index (χ3n) is 5.97. The monoisotopic (exact) mass is 451 g/mol. The molecule has 1 aromatic carbocycles. The Morgan fingerprint density at radius 2 is 2.09 bits per heavy atom. The van der Waals surface area contributed by atoms with Crippen LogP contribution in [-0.2, 0) is 0 Å². The number of nitrogens with one attached hydrogen (secondary N) is 1. The molecule has 0 bridgehead atoms. The van der Waals surface area contributed by atoms with Gasteiger partial charge in [0.15, 0.2) is 6.23 Å². The Labute approximate surface area is 191 Å². The number of rotatable bonds is 6. The molecule has 1 saturated heterocycles. The van der Waals surface area contributed by atoms with Crippen molar-refractivity contribution in [2.75, 3.05) is 18.4 Å². The van der Waals surface area contributed by atoms with Crippen LogP contribution in [0.4, 0.5) is 10.2 Å². The van der Waals surface area contributed by atoms with Crippen LogP contribution < -0.4 is 5.32 Å². The SMILES string of the molecule is Cc1nc(C(O)N2CCC[C@@H](C)[C@H]2CNc2ccc(C#N)cn2)c(-c2ccc(F)cc2)s1. The number of hydrogen-bond donors (Lipinski definition) is 2. The van der Waals surface area contributed by atoms with Crippen LogP contribution in [0.5, 0.6) is 0 Å². The van der Waals surface area contributed by atoms with Crippen LogP contribution in [0.1, 0.15) is 42.3 Å². The van der Waals surface area contributed by atoms with E-state index in [4.69, 9.17) is 5.26 Å². The van der Waals surface area contributed by atoms with Crippen LogP contribution in [0.2, 0.25) is 0 Å². The van der Waals surface area contributed by atoms with Crippen LogP contribution in [0.3, 0.4) is 0 Å². The van der Waals surface area contributed by atoms with Gasteiger partial charge in [0.25, 0.3) is 0 Å². The molecule has 6 nitrogen and oxygen atoms in total. The maximum Gasteiger partial charge on any atom is 0.152 e. The van der Waals surface area contributed by atoms with Gasteiger partial charge >= 0.3 is 0 Å². The second-order valence-electron chi connectivity index (χ2n) is 8.18. The number of hydrogen-bond acceptors (Lipinski definition) is 7. The molecule has 32 heavy (non-hydrogen) atoms. The predicted molar refractivity (Wildman–Crippen MR) is 124 cm³/mol. The van der Waals surface area contributed by atoms with Crippen molar-refractivity contribution in [1.29, 1.82) is 5.26 Å². The molecule has 3 atom stereocenters. The van der Waals surface area contributed by atoms with Crippen molar-refractivity contribution in [3.63, 3.8) is 0 Å². The van der Waals surface area contributed by atoms with Gasteiger partial charge in [-0.15, -0.1) is 11.3 Å². The van der Waals surface area contributed by atoms with Gasteiger partial charge in [0, 0.05) is 25.3 Å². The number of likely N-dealkylation sites (tertiary alicyclic amines) is 1. The number of nitriles is 1. The van der Waals surface area contributed by atoms with Crippen molar-refractivity contribution in [1.82, 2.24) is 14.9 Å². The number of pyridine rings is 1.